The van der Waals surface area contributed by atoms with Gasteiger partial charge in [0.2, 0.25) is 0 Å². The molecule has 0 aromatic heterocycles. The topological polar surface area (TPSA) is 96.5 Å². The van der Waals surface area contributed by atoms with Crippen LogP contribution in [0.2, 0.25) is 0 Å². The molecular formula is C22H27N3O4. The van der Waals surface area contributed by atoms with Gasteiger partial charge in [-0.05, 0) is 47.2 Å². The van der Waals surface area contributed by atoms with Gasteiger partial charge in [0.15, 0.2) is 6.61 Å². The number of aryl methyl sites for hydroxylation is 1. The van der Waals surface area contributed by atoms with Crippen molar-refractivity contribution in [3.63, 3.8) is 0 Å². The van der Waals surface area contributed by atoms with Gasteiger partial charge < -0.3 is 10.1 Å². The zero-order valence-electron chi connectivity index (χ0n) is 17.2. The monoisotopic (exact) mass is 397 g/mol. The molecule has 2 aromatic rings. The maximum absolute atomic E-state index is 11.9. The van der Waals surface area contributed by atoms with Crippen LogP contribution in [0.25, 0.3) is 0 Å². The van der Waals surface area contributed by atoms with Gasteiger partial charge in [-0.15, -0.1) is 0 Å². The Hall–Kier alpha value is -3.35. The number of hydrogen-bond acceptors (Lipinski definition) is 4. The Bertz CT molecular complexity index is 853. The van der Waals surface area contributed by atoms with Crippen molar-refractivity contribution in [2.24, 2.45) is 0 Å². The van der Waals surface area contributed by atoms with E-state index in [1.54, 1.807) is 24.3 Å². The lowest BCUT2D eigenvalue weighted by atomic mass is 9.87. The van der Waals surface area contributed by atoms with Crippen molar-refractivity contribution >= 4 is 23.4 Å². The van der Waals surface area contributed by atoms with E-state index < -0.39 is 17.7 Å². The molecular weight excluding hydrogens is 370 g/mol. The first-order chi connectivity index (χ1) is 13.7. The molecule has 0 aliphatic rings. The van der Waals surface area contributed by atoms with Crippen LogP contribution < -0.4 is 20.9 Å². The number of rotatable bonds is 5. The van der Waals surface area contributed by atoms with Crippen LogP contribution in [0.1, 0.15) is 38.8 Å². The number of benzene rings is 2. The second-order valence-corrected chi connectivity index (χ2v) is 7.57. The molecule has 0 spiro atoms. The molecule has 0 saturated carbocycles. The molecule has 7 heteroatoms. The second kappa shape index (κ2) is 9.73. The summed E-state index contributed by atoms with van der Waals surface area (Å²) in [4.78, 5) is 35.5. The van der Waals surface area contributed by atoms with Gasteiger partial charge in [0.25, 0.3) is 5.91 Å². The Kier molecular flexibility index (Phi) is 7.36. The highest BCUT2D eigenvalue weighted by Gasteiger charge is 2.15. The minimum atomic E-state index is -0.979. The maximum Gasteiger partial charge on any atom is 0.328 e. The molecule has 3 amide bonds. The molecule has 7 nitrogen and oxygen atoms in total. The molecule has 0 aliphatic heterocycles. The summed E-state index contributed by atoms with van der Waals surface area (Å²) in [6.07, 6.45) is 0.879. The first-order valence-electron chi connectivity index (χ1n) is 9.41. The highest BCUT2D eigenvalue weighted by molar-refractivity contribution is 6.39. The van der Waals surface area contributed by atoms with E-state index in [0.29, 0.717) is 11.4 Å². The molecule has 29 heavy (non-hydrogen) atoms. The zero-order valence-corrected chi connectivity index (χ0v) is 17.2. The second-order valence-electron chi connectivity index (χ2n) is 7.57. The third kappa shape index (κ3) is 6.95. The highest BCUT2D eigenvalue weighted by Crippen LogP contribution is 2.24. The summed E-state index contributed by atoms with van der Waals surface area (Å²) in [7, 11) is 0. The van der Waals surface area contributed by atoms with Crippen LogP contribution in [0.5, 0.6) is 5.75 Å². The van der Waals surface area contributed by atoms with Gasteiger partial charge in [-0.1, -0.05) is 52.0 Å². The molecule has 0 saturated heterocycles. The standard InChI is InChI=1S/C22H27N3O4/c1-5-15-6-10-17(11-7-15)23-20(27)21(28)25-24-19(26)14-29-18-12-8-16(9-13-18)22(2,3)4/h6-13H,5,14H2,1-4H3,(H,23,27)(H,24,26)(H,25,28). The van der Waals surface area contributed by atoms with Gasteiger partial charge in [-0.3, -0.25) is 25.2 Å². The lowest BCUT2D eigenvalue weighted by Gasteiger charge is -2.19. The molecule has 0 radical (unpaired) electrons. The lowest BCUT2D eigenvalue weighted by molar-refractivity contribution is -0.138. The van der Waals surface area contributed by atoms with Gasteiger partial charge >= 0.3 is 11.8 Å². The highest BCUT2D eigenvalue weighted by atomic mass is 16.5. The predicted octanol–water partition coefficient (Wildman–Crippen LogP) is 2.71. The van der Waals surface area contributed by atoms with Crippen molar-refractivity contribution in [2.75, 3.05) is 11.9 Å². The fraction of sp³-hybridized carbons (Fsp3) is 0.318. The van der Waals surface area contributed by atoms with Gasteiger partial charge in [0, 0.05) is 5.69 Å². The smallest absolute Gasteiger partial charge is 0.328 e. The Morgan fingerprint density at radius 2 is 1.48 bits per heavy atom. The largest absolute Gasteiger partial charge is 0.484 e. The van der Waals surface area contributed by atoms with E-state index in [1.165, 1.54) is 0 Å². The van der Waals surface area contributed by atoms with E-state index >= 15 is 0 Å². The van der Waals surface area contributed by atoms with E-state index in [-0.39, 0.29) is 12.0 Å². The summed E-state index contributed by atoms with van der Waals surface area (Å²) in [5.41, 5.74) is 7.00. The first kappa shape index (κ1) is 21.9. The average molecular weight is 397 g/mol. The van der Waals surface area contributed by atoms with E-state index in [0.717, 1.165) is 17.5 Å². The SMILES string of the molecule is CCc1ccc(NC(=O)C(=O)NNC(=O)COc2ccc(C(C)(C)C)cc2)cc1. The van der Waals surface area contributed by atoms with E-state index in [9.17, 15) is 14.4 Å². The summed E-state index contributed by atoms with van der Waals surface area (Å²) in [6, 6.07) is 14.6. The van der Waals surface area contributed by atoms with Crippen LogP contribution in [-0.2, 0) is 26.2 Å². The van der Waals surface area contributed by atoms with Gasteiger partial charge in [-0.25, -0.2) is 0 Å². The maximum atomic E-state index is 11.9. The number of carbonyl (C=O) groups excluding carboxylic acids is 3. The molecule has 2 aromatic carbocycles. The van der Waals surface area contributed by atoms with E-state index in [2.05, 4.69) is 36.9 Å². The molecule has 154 valence electrons. The molecule has 3 N–H and O–H groups in total. The summed E-state index contributed by atoms with van der Waals surface area (Å²) in [5, 5.41) is 2.46. The quantitative estimate of drug-likeness (QED) is 0.534. The summed E-state index contributed by atoms with van der Waals surface area (Å²) in [6.45, 7) is 8.05. The summed E-state index contributed by atoms with van der Waals surface area (Å²) < 4.78 is 5.38. The minimum Gasteiger partial charge on any atom is -0.484 e. The zero-order chi connectivity index (χ0) is 21.4. The molecule has 0 bridgehead atoms. The lowest BCUT2D eigenvalue weighted by Crippen LogP contribution is -2.48. The van der Waals surface area contributed by atoms with Gasteiger partial charge in [0.05, 0.1) is 0 Å². The Morgan fingerprint density at radius 1 is 0.862 bits per heavy atom. The number of nitrogens with one attached hydrogen (secondary N) is 3. The van der Waals surface area contributed by atoms with Crippen molar-refractivity contribution < 1.29 is 19.1 Å². The van der Waals surface area contributed by atoms with Crippen molar-refractivity contribution in [1.29, 1.82) is 0 Å². The number of hydrazine groups is 1. The predicted molar refractivity (Wildman–Crippen MR) is 111 cm³/mol. The van der Waals surface area contributed by atoms with Crippen LogP contribution >= 0.6 is 0 Å². The van der Waals surface area contributed by atoms with Gasteiger partial charge in [-0.2, -0.15) is 0 Å². The van der Waals surface area contributed by atoms with Gasteiger partial charge in [0.1, 0.15) is 5.75 Å². The first-order valence-corrected chi connectivity index (χ1v) is 9.41. The Balaban J connectivity index is 1.74. The number of anilines is 1. The van der Waals surface area contributed by atoms with E-state index in [1.807, 2.05) is 31.2 Å². The number of carbonyl (C=O) groups is 3. The molecule has 0 atom stereocenters. The minimum absolute atomic E-state index is 0.0266. The van der Waals surface area contributed by atoms with Crippen molar-refractivity contribution in [2.45, 2.75) is 39.5 Å². The third-order valence-corrected chi connectivity index (χ3v) is 4.23. The summed E-state index contributed by atoms with van der Waals surface area (Å²) >= 11 is 0. The van der Waals surface area contributed by atoms with Crippen molar-refractivity contribution in [3.8, 4) is 5.75 Å². The number of ether oxygens (including phenoxy) is 1. The van der Waals surface area contributed by atoms with Crippen LogP contribution in [0.15, 0.2) is 48.5 Å². The van der Waals surface area contributed by atoms with Crippen molar-refractivity contribution in [3.05, 3.63) is 59.7 Å². The van der Waals surface area contributed by atoms with Crippen LogP contribution in [0.3, 0.4) is 0 Å². The molecule has 0 unspecified atom stereocenters. The van der Waals surface area contributed by atoms with Crippen LogP contribution in [-0.4, -0.2) is 24.3 Å². The normalized spacial score (nSPS) is 10.8. The molecule has 0 aliphatic carbocycles. The molecule has 0 fully saturated rings. The Labute approximate surface area is 170 Å². The molecule has 2 rings (SSSR count). The fourth-order valence-electron chi connectivity index (χ4n) is 2.43. The van der Waals surface area contributed by atoms with E-state index in [4.69, 9.17) is 4.74 Å². The van der Waals surface area contributed by atoms with Crippen LogP contribution in [0.4, 0.5) is 5.69 Å². The fourth-order valence-corrected chi connectivity index (χ4v) is 2.43. The number of amides is 3. The Morgan fingerprint density at radius 3 is 2.03 bits per heavy atom. The molecule has 0 heterocycles. The third-order valence-electron chi connectivity index (χ3n) is 4.23. The summed E-state index contributed by atoms with van der Waals surface area (Å²) in [5.74, 6) is -1.91. The number of hydrogen-bond donors (Lipinski definition) is 3. The van der Waals surface area contributed by atoms with Crippen LogP contribution in [0, 0.1) is 0 Å². The average Bonchev–Trinajstić information content (AvgIpc) is 2.70. The van der Waals surface area contributed by atoms with Crippen molar-refractivity contribution in [1.82, 2.24) is 10.9 Å².